The summed E-state index contributed by atoms with van der Waals surface area (Å²) in [5.74, 6) is 0.995. The van der Waals surface area contributed by atoms with Gasteiger partial charge in [-0.3, -0.25) is 0 Å². The lowest BCUT2D eigenvalue weighted by Gasteiger charge is -2.24. The number of hydrogen-bond acceptors (Lipinski definition) is 2. The zero-order valence-corrected chi connectivity index (χ0v) is 9.80. The lowest BCUT2D eigenvalue weighted by Crippen LogP contribution is -2.28. The Labute approximate surface area is 92.6 Å². The Morgan fingerprint density at radius 2 is 2.21 bits per heavy atom. The Morgan fingerprint density at radius 3 is 2.93 bits per heavy atom. The summed E-state index contributed by atoms with van der Waals surface area (Å²) < 4.78 is 6.50. The first-order chi connectivity index (χ1) is 6.72. The van der Waals surface area contributed by atoms with E-state index in [1.165, 1.54) is 11.1 Å². The fraction of sp³-hybridized carbons (Fsp3) is 0.455. The van der Waals surface area contributed by atoms with Crippen molar-refractivity contribution >= 4 is 15.9 Å². The topological polar surface area (TPSA) is 35.2 Å². The maximum absolute atomic E-state index is 5.95. The van der Waals surface area contributed by atoms with E-state index in [0.29, 0.717) is 6.04 Å². The third-order valence-electron chi connectivity index (χ3n) is 2.78. The minimum absolute atomic E-state index is 0.297. The van der Waals surface area contributed by atoms with E-state index >= 15 is 0 Å². The highest BCUT2D eigenvalue weighted by molar-refractivity contribution is 9.10. The highest BCUT2D eigenvalue weighted by Crippen LogP contribution is 2.34. The van der Waals surface area contributed by atoms with Crippen molar-refractivity contribution in [3.63, 3.8) is 0 Å². The second-order valence-electron chi connectivity index (χ2n) is 3.71. The second kappa shape index (κ2) is 3.91. The van der Waals surface area contributed by atoms with E-state index < -0.39 is 0 Å². The molecule has 0 saturated carbocycles. The SMILES string of the molecule is COc1ccc(Br)c2c1CC[C@H](N)C2. The molecule has 0 radical (unpaired) electrons. The molecule has 0 spiro atoms. The van der Waals surface area contributed by atoms with Crippen LogP contribution in [0.1, 0.15) is 17.5 Å². The molecule has 0 fully saturated rings. The third-order valence-corrected chi connectivity index (χ3v) is 3.53. The summed E-state index contributed by atoms with van der Waals surface area (Å²) in [4.78, 5) is 0. The average Bonchev–Trinajstić information content (AvgIpc) is 2.19. The molecule has 0 bridgehead atoms. The number of rotatable bonds is 1. The standard InChI is InChI=1S/C11H14BrNO/c1-14-11-5-4-10(12)9-6-7(13)2-3-8(9)11/h4-5,7H,2-3,6,13H2,1H3/t7-/m0/s1. The zero-order valence-electron chi connectivity index (χ0n) is 8.22. The quantitative estimate of drug-likeness (QED) is 0.836. The van der Waals surface area contributed by atoms with Gasteiger partial charge in [-0.25, -0.2) is 0 Å². The fourth-order valence-electron chi connectivity index (χ4n) is 2.02. The summed E-state index contributed by atoms with van der Waals surface area (Å²) in [6.45, 7) is 0. The molecule has 0 aromatic heterocycles. The van der Waals surface area contributed by atoms with E-state index in [1.54, 1.807) is 7.11 Å². The van der Waals surface area contributed by atoms with Crippen LogP contribution >= 0.6 is 15.9 Å². The maximum Gasteiger partial charge on any atom is 0.122 e. The van der Waals surface area contributed by atoms with Gasteiger partial charge in [0, 0.05) is 10.5 Å². The van der Waals surface area contributed by atoms with Gasteiger partial charge in [-0.2, -0.15) is 0 Å². The second-order valence-corrected chi connectivity index (χ2v) is 4.56. The minimum atomic E-state index is 0.297. The Bertz CT molecular complexity index is 351. The summed E-state index contributed by atoms with van der Waals surface area (Å²) in [6, 6.07) is 4.35. The van der Waals surface area contributed by atoms with Crippen LogP contribution in [0, 0.1) is 0 Å². The van der Waals surface area contributed by atoms with Gasteiger partial charge in [-0.05, 0) is 42.5 Å². The number of fused-ring (bicyclic) bond motifs is 1. The highest BCUT2D eigenvalue weighted by Gasteiger charge is 2.20. The van der Waals surface area contributed by atoms with Gasteiger partial charge in [-0.15, -0.1) is 0 Å². The Morgan fingerprint density at radius 1 is 1.43 bits per heavy atom. The first-order valence-corrected chi connectivity index (χ1v) is 5.61. The molecule has 2 nitrogen and oxygen atoms in total. The number of hydrogen-bond donors (Lipinski definition) is 1. The van der Waals surface area contributed by atoms with Gasteiger partial charge in [0.15, 0.2) is 0 Å². The van der Waals surface area contributed by atoms with Gasteiger partial charge in [0.1, 0.15) is 5.75 Å². The van der Waals surface area contributed by atoms with Gasteiger partial charge in [-0.1, -0.05) is 15.9 Å². The average molecular weight is 256 g/mol. The van der Waals surface area contributed by atoms with Crippen molar-refractivity contribution in [3.05, 3.63) is 27.7 Å². The molecule has 76 valence electrons. The van der Waals surface area contributed by atoms with Crippen LogP contribution in [0.25, 0.3) is 0 Å². The van der Waals surface area contributed by atoms with E-state index in [0.717, 1.165) is 29.5 Å². The summed E-state index contributed by atoms with van der Waals surface area (Å²) in [5.41, 5.74) is 8.59. The highest BCUT2D eigenvalue weighted by atomic mass is 79.9. The summed E-state index contributed by atoms with van der Waals surface area (Å²) in [5, 5.41) is 0. The molecule has 0 aliphatic heterocycles. The minimum Gasteiger partial charge on any atom is -0.496 e. The molecule has 0 unspecified atom stereocenters. The summed E-state index contributed by atoms with van der Waals surface area (Å²) >= 11 is 3.56. The van der Waals surface area contributed by atoms with Crippen molar-refractivity contribution in [3.8, 4) is 5.75 Å². The predicted molar refractivity (Wildman–Crippen MR) is 60.7 cm³/mol. The van der Waals surface area contributed by atoms with Crippen LogP contribution in [0.15, 0.2) is 16.6 Å². The number of nitrogens with two attached hydrogens (primary N) is 1. The van der Waals surface area contributed by atoms with Crippen molar-refractivity contribution < 1.29 is 4.74 Å². The van der Waals surface area contributed by atoms with E-state index in [9.17, 15) is 0 Å². The molecule has 0 heterocycles. The van der Waals surface area contributed by atoms with Gasteiger partial charge in [0.25, 0.3) is 0 Å². The Kier molecular flexibility index (Phi) is 2.79. The van der Waals surface area contributed by atoms with Crippen molar-refractivity contribution in [1.82, 2.24) is 0 Å². The predicted octanol–water partition coefficient (Wildman–Crippen LogP) is 2.27. The summed E-state index contributed by atoms with van der Waals surface area (Å²) in [6.07, 6.45) is 3.03. The largest absolute Gasteiger partial charge is 0.496 e. The van der Waals surface area contributed by atoms with Crippen LogP contribution in [0.4, 0.5) is 0 Å². The van der Waals surface area contributed by atoms with E-state index in [4.69, 9.17) is 10.5 Å². The van der Waals surface area contributed by atoms with Crippen LogP contribution in [0.5, 0.6) is 5.75 Å². The van der Waals surface area contributed by atoms with Gasteiger partial charge in [0.05, 0.1) is 7.11 Å². The number of methoxy groups -OCH3 is 1. The Hall–Kier alpha value is -0.540. The third kappa shape index (κ3) is 1.66. The smallest absolute Gasteiger partial charge is 0.122 e. The molecule has 1 aromatic carbocycles. The molecule has 0 amide bonds. The molecule has 14 heavy (non-hydrogen) atoms. The zero-order chi connectivity index (χ0) is 10.1. The van der Waals surface area contributed by atoms with Crippen LogP contribution in [-0.2, 0) is 12.8 Å². The van der Waals surface area contributed by atoms with E-state index in [2.05, 4.69) is 15.9 Å². The van der Waals surface area contributed by atoms with Crippen molar-refractivity contribution in [2.45, 2.75) is 25.3 Å². The monoisotopic (exact) mass is 255 g/mol. The normalized spacial score (nSPS) is 20.4. The lowest BCUT2D eigenvalue weighted by molar-refractivity contribution is 0.404. The first-order valence-electron chi connectivity index (χ1n) is 4.82. The summed E-state index contributed by atoms with van der Waals surface area (Å²) in [7, 11) is 1.72. The van der Waals surface area contributed by atoms with E-state index in [-0.39, 0.29) is 0 Å². The van der Waals surface area contributed by atoms with Crippen molar-refractivity contribution in [2.24, 2.45) is 5.73 Å². The molecule has 1 aliphatic carbocycles. The van der Waals surface area contributed by atoms with Crippen molar-refractivity contribution in [2.75, 3.05) is 7.11 Å². The molecule has 3 heteroatoms. The van der Waals surface area contributed by atoms with Crippen LogP contribution in [-0.4, -0.2) is 13.2 Å². The molecular weight excluding hydrogens is 242 g/mol. The van der Waals surface area contributed by atoms with Crippen LogP contribution in [0.3, 0.4) is 0 Å². The first kappa shape index (κ1) is 9.99. The molecule has 2 N–H and O–H groups in total. The molecule has 1 atom stereocenters. The fourth-order valence-corrected chi connectivity index (χ4v) is 2.56. The molecule has 1 aliphatic rings. The van der Waals surface area contributed by atoms with Gasteiger partial charge >= 0.3 is 0 Å². The molecule has 2 rings (SSSR count). The maximum atomic E-state index is 5.95. The number of ether oxygens (including phenoxy) is 1. The van der Waals surface area contributed by atoms with Crippen LogP contribution < -0.4 is 10.5 Å². The van der Waals surface area contributed by atoms with Gasteiger partial charge < -0.3 is 10.5 Å². The van der Waals surface area contributed by atoms with Crippen LogP contribution in [0.2, 0.25) is 0 Å². The van der Waals surface area contributed by atoms with Gasteiger partial charge in [0.2, 0.25) is 0 Å². The van der Waals surface area contributed by atoms with E-state index in [1.807, 2.05) is 12.1 Å². The molecule has 0 saturated heterocycles. The number of benzene rings is 1. The lowest BCUT2D eigenvalue weighted by atomic mass is 9.88. The number of halogens is 1. The Balaban J connectivity index is 2.49. The molecular formula is C11H14BrNO. The molecule has 1 aromatic rings. The van der Waals surface area contributed by atoms with Crippen molar-refractivity contribution in [1.29, 1.82) is 0 Å².